The van der Waals surface area contributed by atoms with Gasteiger partial charge >= 0.3 is 0 Å². The Morgan fingerprint density at radius 3 is 2.50 bits per heavy atom. The number of nitrogens with one attached hydrogen (secondary N) is 1. The van der Waals surface area contributed by atoms with Crippen LogP contribution in [-0.4, -0.2) is 5.75 Å². The van der Waals surface area contributed by atoms with E-state index in [1.54, 1.807) is 11.9 Å². The Balaban J connectivity index is 2.34. The third-order valence-electron chi connectivity index (χ3n) is 2.41. The van der Waals surface area contributed by atoms with Crippen molar-refractivity contribution in [1.29, 1.82) is 0 Å². The van der Waals surface area contributed by atoms with Gasteiger partial charge in [0.15, 0.2) is 0 Å². The highest BCUT2D eigenvalue weighted by Gasteiger charge is 2.04. The van der Waals surface area contributed by atoms with E-state index in [-0.39, 0.29) is 0 Å². The Morgan fingerprint density at radius 2 is 1.94 bits per heavy atom. The normalized spacial score (nSPS) is 12.1. The van der Waals surface area contributed by atoms with Crippen LogP contribution in [0.5, 0.6) is 0 Å². The molecule has 0 saturated heterocycles. The summed E-state index contributed by atoms with van der Waals surface area (Å²) in [5, 5.41) is 0. The molecule has 1 unspecified atom stereocenters. The van der Waals surface area contributed by atoms with E-state index in [1.165, 1.54) is 5.56 Å². The molecule has 1 rings (SSSR count). The Labute approximate surface area is 103 Å². The van der Waals surface area contributed by atoms with Gasteiger partial charge in [-0.15, -0.1) is 0 Å². The first-order valence-corrected chi connectivity index (χ1v) is 6.35. The Hall–Kier alpha value is -0.990. The maximum Gasteiger partial charge on any atom is 0.0393 e. The van der Waals surface area contributed by atoms with Crippen molar-refractivity contribution >= 4 is 11.9 Å². The molecule has 86 valence electrons. The van der Waals surface area contributed by atoms with Crippen LogP contribution in [0.3, 0.4) is 0 Å². The maximum atomic E-state index is 3.96. The first-order chi connectivity index (χ1) is 7.61. The monoisotopic (exact) mass is 233 g/mol. The van der Waals surface area contributed by atoms with E-state index < -0.39 is 0 Å². The third kappa shape index (κ3) is 4.25. The Bertz CT molecular complexity index is 356. The lowest BCUT2D eigenvalue weighted by Crippen LogP contribution is -2.11. The predicted octanol–water partition coefficient (Wildman–Crippen LogP) is 4.12. The number of benzene rings is 1. The lowest BCUT2D eigenvalue weighted by molar-refractivity contribution is 0.755. The van der Waals surface area contributed by atoms with Crippen LogP contribution in [0.1, 0.15) is 25.5 Å². The molecule has 0 bridgehead atoms. The van der Waals surface area contributed by atoms with E-state index in [0.29, 0.717) is 6.04 Å². The molecule has 1 N–H and O–H groups in total. The molecule has 1 nitrogen and oxygen atoms in total. The van der Waals surface area contributed by atoms with Crippen molar-refractivity contribution in [1.82, 2.24) is 4.72 Å². The quantitative estimate of drug-likeness (QED) is 0.586. The second kappa shape index (κ2) is 6.56. The van der Waals surface area contributed by atoms with Crippen LogP contribution in [0.4, 0.5) is 0 Å². The van der Waals surface area contributed by atoms with Crippen molar-refractivity contribution in [3.05, 3.63) is 60.2 Å². The Kier molecular flexibility index (Phi) is 5.36. The summed E-state index contributed by atoms with van der Waals surface area (Å²) in [5.41, 5.74) is 3.45. The van der Waals surface area contributed by atoms with Crippen molar-refractivity contribution in [2.45, 2.75) is 19.9 Å². The van der Waals surface area contributed by atoms with Crippen LogP contribution in [-0.2, 0) is 0 Å². The van der Waals surface area contributed by atoms with Crippen LogP contribution in [0, 0.1) is 0 Å². The smallest absolute Gasteiger partial charge is 0.0393 e. The summed E-state index contributed by atoms with van der Waals surface area (Å²) in [4.78, 5) is 0. The van der Waals surface area contributed by atoms with Gasteiger partial charge in [0.05, 0.1) is 0 Å². The molecule has 0 saturated carbocycles. The lowest BCUT2D eigenvalue weighted by Gasteiger charge is -2.13. The molecule has 0 amide bonds. The van der Waals surface area contributed by atoms with Gasteiger partial charge in [-0.05, 0) is 25.0 Å². The van der Waals surface area contributed by atoms with E-state index in [0.717, 1.165) is 16.9 Å². The number of hydrogen-bond donors (Lipinski definition) is 1. The van der Waals surface area contributed by atoms with Crippen LogP contribution in [0.25, 0.3) is 0 Å². The largest absolute Gasteiger partial charge is 0.257 e. The minimum Gasteiger partial charge on any atom is -0.257 e. The first-order valence-electron chi connectivity index (χ1n) is 5.37. The second-order valence-electron chi connectivity index (χ2n) is 3.92. The summed E-state index contributed by atoms with van der Waals surface area (Å²) in [6.45, 7) is 12.0. The summed E-state index contributed by atoms with van der Waals surface area (Å²) in [7, 11) is 0. The number of rotatable bonds is 6. The maximum absolute atomic E-state index is 3.96. The summed E-state index contributed by atoms with van der Waals surface area (Å²) in [6.07, 6.45) is 0. The molecular formula is C14H19NS. The summed E-state index contributed by atoms with van der Waals surface area (Å²) < 4.78 is 3.40. The molecular weight excluding hydrogens is 214 g/mol. The highest BCUT2D eigenvalue weighted by molar-refractivity contribution is 7.97. The van der Waals surface area contributed by atoms with Crippen molar-refractivity contribution in [3.8, 4) is 0 Å². The van der Waals surface area contributed by atoms with Crippen LogP contribution >= 0.6 is 11.9 Å². The van der Waals surface area contributed by atoms with Gasteiger partial charge in [-0.25, -0.2) is 0 Å². The average molecular weight is 233 g/mol. The van der Waals surface area contributed by atoms with Gasteiger partial charge in [-0.1, -0.05) is 61.0 Å². The molecule has 1 atom stereocenters. The minimum atomic E-state index is 0.351. The molecule has 2 heteroatoms. The van der Waals surface area contributed by atoms with E-state index in [4.69, 9.17) is 0 Å². The topological polar surface area (TPSA) is 12.0 Å². The van der Waals surface area contributed by atoms with Gasteiger partial charge in [0, 0.05) is 11.8 Å². The second-order valence-corrected chi connectivity index (χ2v) is 4.74. The van der Waals surface area contributed by atoms with E-state index in [9.17, 15) is 0 Å². The van der Waals surface area contributed by atoms with Gasteiger partial charge in [-0.3, -0.25) is 4.72 Å². The van der Waals surface area contributed by atoms with Gasteiger partial charge < -0.3 is 0 Å². The summed E-state index contributed by atoms with van der Waals surface area (Å²) in [6, 6.07) is 10.8. The van der Waals surface area contributed by atoms with E-state index in [1.807, 2.05) is 13.0 Å². The molecule has 0 aliphatic carbocycles. The molecule has 16 heavy (non-hydrogen) atoms. The van der Waals surface area contributed by atoms with Gasteiger partial charge in [0.25, 0.3) is 0 Å². The molecule has 0 radical (unpaired) electrons. The lowest BCUT2D eigenvalue weighted by atomic mass is 10.1. The fourth-order valence-electron chi connectivity index (χ4n) is 1.19. The molecule has 0 aliphatic heterocycles. The Morgan fingerprint density at radius 1 is 1.31 bits per heavy atom. The molecule has 1 aromatic carbocycles. The average Bonchev–Trinajstić information content (AvgIpc) is 2.29. The molecule has 0 heterocycles. The van der Waals surface area contributed by atoms with Gasteiger partial charge in [0.1, 0.15) is 0 Å². The SMILES string of the molecule is C=C(C)C(=C)CSNC(C)c1ccccc1. The highest BCUT2D eigenvalue weighted by Crippen LogP contribution is 2.17. The van der Waals surface area contributed by atoms with Crippen molar-refractivity contribution in [2.75, 3.05) is 5.75 Å². The van der Waals surface area contributed by atoms with E-state index >= 15 is 0 Å². The van der Waals surface area contributed by atoms with Gasteiger partial charge in [-0.2, -0.15) is 0 Å². The van der Waals surface area contributed by atoms with Gasteiger partial charge in [0.2, 0.25) is 0 Å². The van der Waals surface area contributed by atoms with E-state index in [2.05, 4.69) is 49.1 Å². The zero-order valence-electron chi connectivity index (χ0n) is 9.99. The first kappa shape index (κ1) is 13.1. The molecule has 1 aromatic rings. The number of hydrogen-bond acceptors (Lipinski definition) is 2. The van der Waals surface area contributed by atoms with Crippen LogP contribution in [0.2, 0.25) is 0 Å². The molecule has 0 aromatic heterocycles. The minimum absolute atomic E-state index is 0.351. The summed E-state index contributed by atoms with van der Waals surface area (Å²) >= 11 is 1.68. The number of allylic oxidation sites excluding steroid dienone is 1. The fraction of sp³-hybridized carbons (Fsp3) is 0.286. The third-order valence-corrected chi connectivity index (χ3v) is 3.42. The predicted molar refractivity (Wildman–Crippen MR) is 74.4 cm³/mol. The van der Waals surface area contributed by atoms with Crippen LogP contribution in [0.15, 0.2) is 54.6 Å². The zero-order chi connectivity index (χ0) is 12.0. The molecule has 0 spiro atoms. The zero-order valence-corrected chi connectivity index (χ0v) is 10.8. The van der Waals surface area contributed by atoms with Crippen molar-refractivity contribution in [2.24, 2.45) is 0 Å². The van der Waals surface area contributed by atoms with Crippen LogP contribution < -0.4 is 4.72 Å². The van der Waals surface area contributed by atoms with Crippen molar-refractivity contribution < 1.29 is 0 Å². The standard InChI is InChI=1S/C14H19NS/c1-11(2)12(3)10-16-15-13(4)14-8-6-5-7-9-14/h5-9,13,15H,1,3,10H2,2,4H3. The van der Waals surface area contributed by atoms with Crippen molar-refractivity contribution in [3.63, 3.8) is 0 Å². The molecule has 0 aliphatic rings. The molecule has 0 fully saturated rings. The fourth-order valence-corrected chi connectivity index (χ4v) is 2.08. The highest BCUT2D eigenvalue weighted by atomic mass is 32.2. The summed E-state index contributed by atoms with van der Waals surface area (Å²) in [5.74, 6) is 0.881.